The predicted octanol–water partition coefficient (Wildman–Crippen LogP) is 6.88. The van der Waals surface area contributed by atoms with Gasteiger partial charge < -0.3 is 20.3 Å². The summed E-state index contributed by atoms with van der Waals surface area (Å²) >= 11 is 0. The van der Waals surface area contributed by atoms with Crippen LogP contribution in [0.5, 0.6) is 0 Å². The Morgan fingerprint density at radius 3 is 2.50 bits per heavy atom. The molecule has 4 aromatic rings. The summed E-state index contributed by atoms with van der Waals surface area (Å²) in [4.78, 5) is 11.5. The number of ether oxygens (including phenoxy) is 1. The maximum atomic E-state index is 11.5. The number of aliphatic hydroxyl groups is 1. The lowest BCUT2D eigenvalue weighted by Gasteiger charge is -2.28. The van der Waals surface area contributed by atoms with Crippen LogP contribution in [0.15, 0.2) is 78.9 Å². The zero-order chi connectivity index (χ0) is 28.3. The summed E-state index contributed by atoms with van der Waals surface area (Å²) in [5.74, 6) is -0.407. The molecule has 5 heteroatoms. The fourth-order valence-electron chi connectivity index (χ4n) is 5.60. The molecule has 0 saturated heterocycles. The van der Waals surface area contributed by atoms with Crippen molar-refractivity contribution < 1.29 is 19.7 Å². The van der Waals surface area contributed by atoms with Gasteiger partial charge in [0.05, 0.1) is 24.9 Å². The number of benzene rings is 4. The molecule has 0 radical (unpaired) electrons. The molecule has 0 aromatic heterocycles. The van der Waals surface area contributed by atoms with Crippen molar-refractivity contribution in [3.8, 4) is 11.1 Å². The molecule has 1 aliphatic carbocycles. The van der Waals surface area contributed by atoms with Crippen LogP contribution in [0.4, 0.5) is 0 Å². The smallest absolute Gasteiger partial charge is 0.335 e. The van der Waals surface area contributed by atoms with E-state index < -0.39 is 12.1 Å². The lowest BCUT2D eigenvalue weighted by Crippen LogP contribution is -2.46. The van der Waals surface area contributed by atoms with Crippen LogP contribution in [-0.2, 0) is 17.8 Å². The number of aromatic carboxylic acids is 1. The highest BCUT2D eigenvalue weighted by Gasteiger charge is 2.29. The van der Waals surface area contributed by atoms with Crippen LogP contribution in [0.1, 0.15) is 65.2 Å². The fourth-order valence-corrected chi connectivity index (χ4v) is 5.60. The summed E-state index contributed by atoms with van der Waals surface area (Å²) in [5, 5.41) is 26.1. The highest BCUT2D eigenvalue weighted by molar-refractivity contribution is 5.90. The number of fused-ring (bicyclic) bond motifs is 1. The van der Waals surface area contributed by atoms with Gasteiger partial charge in [0.1, 0.15) is 0 Å². The maximum Gasteiger partial charge on any atom is 0.335 e. The first-order chi connectivity index (χ1) is 19.2. The van der Waals surface area contributed by atoms with Gasteiger partial charge >= 0.3 is 5.97 Å². The molecule has 1 aliphatic rings. The molecule has 208 valence electrons. The van der Waals surface area contributed by atoms with Crippen LogP contribution in [-0.4, -0.2) is 41.0 Å². The number of rotatable bonds is 12. The van der Waals surface area contributed by atoms with Crippen molar-refractivity contribution in [3.63, 3.8) is 0 Å². The molecule has 3 N–H and O–H groups in total. The molecule has 0 spiro atoms. The van der Waals surface area contributed by atoms with Gasteiger partial charge in [-0.15, -0.1) is 0 Å². The monoisotopic (exact) mass is 537 g/mol. The van der Waals surface area contributed by atoms with Gasteiger partial charge in [0.15, 0.2) is 0 Å². The van der Waals surface area contributed by atoms with Gasteiger partial charge in [0.25, 0.3) is 0 Å². The lowest BCUT2D eigenvalue weighted by molar-refractivity contribution is 0.0255. The zero-order valence-electron chi connectivity index (χ0n) is 23.6. The van der Waals surface area contributed by atoms with Crippen LogP contribution in [0, 0.1) is 6.92 Å². The standard InChI is InChI=1S/C35H39NO4/c1-23-17-28(15-16-31(23)34(38)39)32-10-6-9-29(33(32)26-13-14-26)21-40-22-30(37)20-36-35(2,3)19-24-11-12-25-7-4-5-8-27(25)18-24/h4-12,15-18,26,30,36-37H,13-14,19-22H2,1-3H3,(H,38,39)/t30-/m1/s1. The van der Waals surface area contributed by atoms with Crippen molar-refractivity contribution >= 4 is 16.7 Å². The van der Waals surface area contributed by atoms with Crippen LogP contribution in [0.25, 0.3) is 21.9 Å². The van der Waals surface area contributed by atoms with Crippen molar-refractivity contribution in [1.82, 2.24) is 5.32 Å². The van der Waals surface area contributed by atoms with Crippen molar-refractivity contribution in [1.29, 1.82) is 0 Å². The maximum absolute atomic E-state index is 11.5. The van der Waals surface area contributed by atoms with E-state index >= 15 is 0 Å². The minimum absolute atomic E-state index is 0.175. The fraction of sp³-hybridized carbons (Fsp3) is 0.343. The topological polar surface area (TPSA) is 78.8 Å². The highest BCUT2D eigenvalue weighted by atomic mass is 16.5. The number of aryl methyl sites for hydroxylation is 1. The molecule has 0 amide bonds. The van der Waals surface area contributed by atoms with Crippen molar-refractivity contribution in [2.75, 3.05) is 13.2 Å². The lowest BCUT2D eigenvalue weighted by atomic mass is 9.91. The number of β-amino-alcohol motifs (C(OH)–C–C–N with tert-alkyl or cyclic N) is 1. The number of hydrogen-bond acceptors (Lipinski definition) is 4. The molecular weight excluding hydrogens is 498 g/mol. The first-order valence-electron chi connectivity index (χ1n) is 14.1. The van der Waals surface area contributed by atoms with E-state index in [2.05, 4.69) is 73.8 Å². The van der Waals surface area contributed by atoms with Crippen LogP contribution >= 0.6 is 0 Å². The Kier molecular flexibility index (Phi) is 8.36. The van der Waals surface area contributed by atoms with Crippen LogP contribution < -0.4 is 5.32 Å². The molecule has 0 aliphatic heterocycles. The van der Waals surface area contributed by atoms with Gasteiger partial charge in [-0.25, -0.2) is 4.79 Å². The molecule has 1 saturated carbocycles. The highest BCUT2D eigenvalue weighted by Crippen LogP contribution is 2.46. The summed E-state index contributed by atoms with van der Waals surface area (Å²) in [6.45, 7) is 7.30. The van der Waals surface area contributed by atoms with E-state index in [0.717, 1.165) is 41.5 Å². The number of aliphatic hydroxyl groups excluding tert-OH is 1. The Morgan fingerprint density at radius 1 is 1.00 bits per heavy atom. The van der Waals surface area contributed by atoms with Gasteiger partial charge in [0, 0.05) is 12.1 Å². The van der Waals surface area contributed by atoms with Gasteiger partial charge in [-0.2, -0.15) is 0 Å². The van der Waals surface area contributed by atoms with E-state index in [1.165, 1.54) is 21.9 Å². The third kappa shape index (κ3) is 6.79. The van der Waals surface area contributed by atoms with E-state index in [4.69, 9.17) is 4.74 Å². The average molecular weight is 538 g/mol. The molecule has 0 unspecified atom stereocenters. The summed E-state index contributed by atoms with van der Waals surface area (Å²) in [5.41, 5.74) is 6.77. The molecule has 5 nitrogen and oxygen atoms in total. The summed E-state index contributed by atoms with van der Waals surface area (Å²) in [7, 11) is 0. The Hall–Kier alpha value is -3.51. The molecule has 0 bridgehead atoms. The second kappa shape index (κ2) is 11.9. The molecule has 0 heterocycles. The van der Waals surface area contributed by atoms with Crippen molar-refractivity contribution in [2.45, 2.75) is 64.2 Å². The quantitative estimate of drug-likeness (QED) is 0.184. The zero-order valence-corrected chi connectivity index (χ0v) is 23.6. The molecule has 40 heavy (non-hydrogen) atoms. The number of hydrogen-bond donors (Lipinski definition) is 3. The summed E-state index contributed by atoms with van der Waals surface area (Å²) < 4.78 is 6.03. The van der Waals surface area contributed by atoms with E-state index in [1.54, 1.807) is 6.07 Å². The normalized spacial score (nSPS) is 14.4. The number of nitrogens with one attached hydrogen (secondary N) is 1. The van der Waals surface area contributed by atoms with E-state index in [9.17, 15) is 15.0 Å². The first kappa shape index (κ1) is 28.0. The minimum atomic E-state index is -0.904. The van der Waals surface area contributed by atoms with Crippen LogP contribution in [0.2, 0.25) is 0 Å². The van der Waals surface area contributed by atoms with Gasteiger partial charge in [-0.05, 0) is 96.2 Å². The van der Waals surface area contributed by atoms with Gasteiger partial charge in [-0.3, -0.25) is 0 Å². The Morgan fingerprint density at radius 2 is 1.77 bits per heavy atom. The largest absolute Gasteiger partial charge is 0.478 e. The molecule has 1 atom stereocenters. The van der Waals surface area contributed by atoms with Gasteiger partial charge in [0.2, 0.25) is 0 Å². The molecule has 5 rings (SSSR count). The second-order valence-corrected chi connectivity index (χ2v) is 11.8. The Labute approximate surface area is 236 Å². The van der Waals surface area contributed by atoms with Crippen molar-refractivity contribution in [3.05, 3.63) is 107 Å². The van der Waals surface area contributed by atoms with E-state index in [-0.39, 0.29) is 12.1 Å². The molecule has 4 aromatic carbocycles. The SMILES string of the molecule is Cc1cc(-c2cccc(COC[C@H](O)CNC(C)(C)Cc3ccc4ccccc4c3)c2C2CC2)ccc1C(=O)O. The molecular formula is C35H39NO4. The Bertz CT molecular complexity index is 1500. The summed E-state index contributed by atoms with van der Waals surface area (Å²) in [6, 6.07) is 26.8. The number of carboxylic acid groups (broad SMARTS) is 1. The number of carboxylic acids is 1. The van der Waals surface area contributed by atoms with Crippen LogP contribution in [0.3, 0.4) is 0 Å². The van der Waals surface area contributed by atoms with E-state index in [1.807, 2.05) is 25.1 Å². The Balaban J connectivity index is 1.18. The molecule has 1 fully saturated rings. The average Bonchev–Trinajstić information content (AvgIpc) is 3.77. The minimum Gasteiger partial charge on any atom is -0.478 e. The third-order valence-electron chi connectivity index (χ3n) is 7.79. The van der Waals surface area contributed by atoms with Crippen molar-refractivity contribution in [2.24, 2.45) is 0 Å². The van der Waals surface area contributed by atoms with E-state index in [0.29, 0.717) is 24.6 Å². The first-order valence-corrected chi connectivity index (χ1v) is 14.1. The number of carbonyl (C=O) groups is 1. The third-order valence-corrected chi connectivity index (χ3v) is 7.79. The predicted molar refractivity (Wildman–Crippen MR) is 161 cm³/mol. The second-order valence-electron chi connectivity index (χ2n) is 11.8. The van der Waals surface area contributed by atoms with Gasteiger partial charge in [-0.1, -0.05) is 72.8 Å². The summed E-state index contributed by atoms with van der Waals surface area (Å²) in [6.07, 6.45) is 2.54.